The Bertz CT molecular complexity index is 321. The molecule has 1 aromatic rings. The summed E-state index contributed by atoms with van der Waals surface area (Å²) in [5.41, 5.74) is 2.47. The van der Waals surface area contributed by atoms with Crippen molar-refractivity contribution in [1.29, 1.82) is 0 Å². The van der Waals surface area contributed by atoms with E-state index in [0.29, 0.717) is 5.88 Å². The number of hydrogen-bond acceptors (Lipinski definition) is 1. The van der Waals surface area contributed by atoms with Crippen LogP contribution < -0.4 is 4.90 Å². The fourth-order valence-corrected chi connectivity index (χ4v) is 2.69. The predicted octanol–water partition coefficient (Wildman–Crippen LogP) is 3.79. The molecule has 1 nitrogen and oxygen atoms in total. The van der Waals surface area contributed by atoms with E-state index in [9.17, 15) is 0 Å². The van der Waals surface area contributed by atoms with Crippen molar-refractivity contribution < 1.29 is 0 Å². The van der Waals surface area contributed by atoms with Crippen LogP contribution in [0.1, 0.15) is 18.4 Å². The van der Waals surface area contributed by atoms with Crippen molar-refractivity contribution in [2.24, 2.45) is 0 Å². The van der Waals surface area contributed by atoms with Crippen LogP contribution in [-0.2, 0) is 5.88 Å². The summed E-state index contributed by atoms with van der Waals surface area (Å²) in [5.74, 6) is 0.582. The van der Waals surface area contributed by atoms with Gasteiger partial charge in [-0.2, -0.15) is 0 Å². The molecule has 1 aliphatic heterocycles. The minimum Gasteiger partial charge on any atom is -0.371 e. The molecule has 0 N–H and O–H groups in total. The summed E-state index contributed by atoms with van der Waals surface area (Å²) in [6.07, 6.45) is 2.62. The van der Waals surface area contributed by atoms with E-state index in [2.05, 4.69) is 39.0 Å². The zero-order valence-corrected chi connectivity index (χ0v) is 10.3. The largest absolute Gasteiger partial charge is 0.371 e. The first kappa shape index (κ1) is 10.3. The monoisotopic (exact) mass is 273 g/mol. The normalized spacial score (nSPS) is 16.3. The van der Waals surface area contributed by atoms with Gasteiger partial charge < -0.3 is 4.90 Å². The van der Waals surface area contributed by atoms with Crippen LogP contribution in [-0.4, -0.2) is 13.1 Å². The second-order valence-electron chi connectivity index (χ2n) is 3.61. The number of halogens is 2. The molecular weight excluding hydrogens is 261 g/mol. The molecule has 2 rings (SSSR count). The molecule has 0 aliphatic carbocycles. The molecule has 1 aliphatic rings. The highest BCUT2D eigenvalue weighted by Gasteiger charge is 2.14. The maximum absolute atomic E-state index is 5.78. The second-order valence-corrected chi connectivity index (χ2v) is 4.74. The van der Waals surface area contributed by atoms with Crippen LogP contribution in [0.15, 0.2) is 22.7 Å². The van der Waals surface area contributed by atoms with E-state index in [1.807, 2.05) is 0 Å². The SMILES string of the molecule is ClCc1ccc(N2CCCC2)c(Br)c1. The Labute approximate surface area is 98.2 Å². The Hall–Kier alpha value is -0.210. The minimum absolute atomic E-state index is 0.582. The lowest BCUT2D eigenvalue weighted by Gasteiger charge is -2.19. The van der Waals surface area contributed by atoms with Gasteiger partial charge in [-0.1, -0.05) is 6.07 Å². The van der Waals surface area contributed by atoms with E-state index in [1.165, 1.54) is 37.2 Å². The molecule has 0 saturated carbocycles. The summed E-state index contributed by atoms with van der Waals surface area (Å²) in [6, 6.07) is 6.37. The summed E-state index contributed by atoms with van der Waals surface area (Å²) >= 11 is 9.37. The Morgan fingerprint density at radius 2 is 2.00 bits per heavy atom. The molecule has 1 aromatic carbocycles. The van der Waals surface area contributed by atoms with Gasteiger partial charge in [-0.3, -0.25) is 0 Å². The van der Waals surface area contributed by atoms with Crippen molar-refractivity contribution in [3.63, 3.8) is 0 Å². The Kier molecular flexibility index (Phi) is 3.34. The summed E-state index contributed by atoms with van der Waals surface area (Å²) in [6.45, 7) is 2.36. The lowest BCUT2D eigenvalue weighted by molar-refractivity contribution is 0.949. The third-order valence-electron chi connectivity index (χ3n) is 2.61. The molecule has 3 heteroatoms. The van der Waals surface area contributed by atoms with Crippen LogP contribution in [0.4, 0.5) is 5.69 Å². The molecule has 0 aromatic heterocycles. The van der Waals surface area contributed by atoms with Crippen molar-refractivity contribution >= 4 is 33.2 Å². The maximum atomic E-state index is 5.78. The Balaban J connectivity index is 2.25. The van der Waals surface area contributed by atoms with Crippen molar-refractivity contribution in [3.8, 4) is 0 Å². The molecule has 0 amide bonds. The molecule has 14 heavy (non-hydrogen) atoms. The highest BCUT2D eigenvalue weighted by Crippen LogP contribution is 2.30. The van der Waals surface area contributed by atoms with Gasteiger partial charge in [0.05, 0.1) is 5.69 Å². The maximum Gasteiger partial charge on any atom is 0.0510 e. The first-order valence-electron chi connectivity index (χ1n) is 4.90. The van der Waals surface area contributed by atoms with Crippen molar-refractivity contribution in [3.05, 3.63) is 28.2 Å². The molecule has 0 atom stereocenters. The zero-order valence-electron chi connectivity index (χ0n) is 7.97. The Morgan fingerprint density at radius 1 is 1.29 bits per heavy atom. The van der Waals surface area contributed by atoms with Gasteiger partial charge in [0.1, 0.15) is 0 Å². The molecular formula is C11H13BrClN. The smallest absolute Gasteiger partial charge is 0.0510 e. The minimum atomic E-state index is 0.582. The van der Waals surface area contributed by atoms with E-state index in [0.717, 1.165) is 4.47 Å². The number of nitrogens with zero attached hydrogens (tertiary/aromatic N) is 1. The van der Waals surface area contributed by atoms with Crippen molar-refractivity contribution in [1.82, 2.24) is 0 Å². The van der Waals surface area contributed by atoms with Gasteiger partial charge in [0.15, 0.2) is 0 Å². The summed E-state index contributed by atoms with van der Waals surface area (Å²) in [7, 11) is 0. The molecule has 0 unspecified atom stereocenters. The molecule has 0 radical (unpaired) electrons. The third kappa shape index (κ3) is 2.06. The van der Waals surface area contributed by atoms with E-state index in [1.54, 1.807) is 0 Å². The van der Waals surface area contributed by atoms with E-state index < -0.39 is 0 Å². The van der Waals surface area contributed by atoms with Crippen LogP contribution >= 0.6 is 27.5 Å². The van der Waals surface area contributed by atoms with Crippen LogP contribution in [0, 0.1) is 0 Å². The standard InChI is InChI=1S/C11H13BrClN/c12-10-7-9(8-13)3-4-11(10)14-5-1-2-6-14/h3-4,7H,1-2,5-6,8H2. The first-order chi connectivity index (χ1) is 6.81. The van der Waals surface area contributed by atoms with Gasteiger partial charge in [0, 0.05) is 23.4 Å². The van der Waals surface area contributed by atoms with Crippen LogP contribution in [0.2, 0.25) is 0 Å². The lowest BCUT2D eigenvalue weighted by Crippen LogP contribution is -2.17. The summed E-state index contributed by atoms with van der Waals surface area (Å²) in [5, 5.41) is 0. The average molecular weight is 275 g/mol. The highest BCUT2D eigenvalue weighted by atomic mass is 79.9. The number of rotatable bonds is 2. The van der Waals surface area contributed by atoms with Crippen LogP contribution in [0.25, 0.3) is 0 Å². The molecule has 1 fully saturated rings. The number of hydrogen-bond donors (Lipinski definition) is 0. The van der Waals surface area contributed by atoms with Gasteiger partial charge in [-0.25, -0.2) is 0 Å². The van der Waals surface area contributed by atoms with E-state index >= 15 is 0 Å². The van der Waals surface area contributed by atoms with Gasteiger partial charge in [0.25, 0.3) is 0 Å². The van der Waals surface area contributed by atoms with Crippen molar-refractivity contribution in [2.45, 2.75) is 18.7 Å². The van der Waals surface area contributed by atoms with Crippen LogP contribution in [0.3, 0.4) is 0 Å². The third-order valence-corrected chi connectivity index (χ3v) is 3.56. The average Bonchev–Trinajstić information content (AvgIpc) is 2.70. The highest BCUT2D eigenvalue weighted by molar-refractivity contribution is 9.10. The molecule has 1 saturated heterocycles. The van der Waals surface area contributed by atoms with Gasteiger partial charge in [-0.05, 0) is 46.5 Å². The molecule has 0 spiro atoms. The predicted molar refractivity (Wildman–Crippen MR) is 65.1 cm³/mol. The first-order valence-corrected chi connectivity index (χ1v) is 6.23. The van der Waals surface area contributed by atoms with E-state index in [4.69, 9.17) is 11.6 Å². The lowest BCUT2D eigenvalue weighted by atomic mass is 10.2. The quantitative estimate of drug-likeness (QED) is 0.742. The molecule has 1 heterocycles. The summed E-state index contributed by atoms with van der Waals surface area (Å²) in [4.78, 5) is 2.42. The van der Waals surface area contributed by atoms with Gasteiger partial charge >= 0.3 is 0 Å². The fraction of sp³-hybridized carbons (Fsp3) is 0.455. The molecule has 0 bridgehead atoms. The van der Waals surface area contributed by atoms with Crippen molar-refractivity contribution in [2.75, 3.05) is 18.0 Å². The van der Waals surface area contributed by atoms with Crippen LogP contribution in [0.5, 0.6) is 0 Å². The zero-order chi connectivity index (χ0) is 9.97. The number of benzene rings is 1. The topological polar surface area (TPSA) is 3.24 Å². The second kappa shape index (κ2) is 4.54. The number of alkyl halides is 1. The van der Waals surface area contributed by atoms with E-state index in [-0.39, 0.29) is 0 Å². The molecule has 76 valence electrons. The number of anilines is 1. The van der Waals surface area contributed by atoms with Gasteiger partial charge in [-0.15, -0.1) is 11.6 Å². The van der Waals surface area contributed by atoms with Gasteiger partial charge in [0.2, 0.25) is 0 Å². The fourth-order valence-electron chi connectivity index (χ4n) is 1.85. The summed E-state index contributed by atoms with van der Waals surface area (Å²) < 4.78 is 1.16. The Morgan fingerprint density at radius 3 is 2.57 bits per heavy atom.